The van der Waals surface area contributed by atoms with E-state index in [1.165, 1.54) is 10.9 Å². The number of carbonyl (C=O) groups is 1. The number of nitrogens with zero attached hydrogens (tertiary/aromatic N) is 1. The van der Waals surface area contributed by atoms with Crippen molar-refractivity contribution in [3.63, 3.8) is 0 Å². The second-order valence-corrected chi connectivity index (χ2v) is 5.36. The molecule has 0 unspecified atom stereocenters. The number of hydrogen-bond donors (Lipinski definition) is 1. The first-order valence-electron chi connectivity index (χ1n) is 7.49. The molecule has 0 aliphatic rings. The van der Waals surface area contributed by atoms with E-state index in [-0.39, 0.29) is 40.2 Å². The third-order valence-corrected chi connectivity index (χ3v) is 3.74. The largest absolute Gasteiger partial charge is 0.457 e. The molecule has 1 amide bonds. The van der Waals surface area contributed by atoms with Crippen molar-refractivity contribution in [3.05, 3.63) is 73.4 Å². The van der Waals surface area contributed by atoms with Gasteiger partial charge in [-0.2, -0.15) is 0 Å². The van der Waals surface area contributed by atoms with Gasteiger partial charge >= 0.3 is 0 Å². The minimum absolute atomic E-state index is 0. The third-order valence-electron chi connectivity index (χ3n) is 3.74. The van der Waals surface area contributed by atoms with E-state index >= 15 is 0 Å². The van der Waals surface area contributed by atoms with Crippen LogP contribution in [0.25, 0.3) is 10.8 Å². The number of likely N-dealkylation sites (N-methyl/N-ethyl adjacent to an activating group) is 1. The number of benzene rings is 2. The molecule has 2 aromatic carbocycles. The van der Waals surface area contributed by atoms with E-state index < -0.39 is 0 Å². The average Bonchev–Trinajstić information content (AvgIpc) is 2.58. The summed E-state index contributed by atoms with van der Waals surface area (Å²) >= 11 is 0. The number of hydrogen-bond acceptors (Lipinski definition) is 3. The van der Waals surface area contributed by atoms with E-state index in [4.69, 9.17) is 4.74 Å². The first kappa shape index (κ1) is 20.8. The molecule has 5 heteroatoms. The van der Waals surface area contributed by atoms with Gasteiger partial charge in [-0.05, 0) is 30.0 Å². The predicted molar refractivity (Wildman–Crippen MR) is 97.2 cm³/mol. The molecule has 0 bridgehead atoms. The number of pyridine rings is 1. The van der Waals surface area contributed by atoms with Crippen LogP contribution >= 0.6 is 0 Å². The van der Waals surface area contributed by atoms with Gasteiger partial charge in [0.05, 0.1) is 12.1 Å². The van der Waals surface area contributed by atoms with E-state index in [2.05, 4.69) is 23.3 Å². The van der Waals surface area contributed by atoms with Gasteiger partial charge in [0.25, 0.3) is 0 Å². The zero-order valence-corrected chi connectivity index (χ0v) is 16.0. The molecule has 4 nitrogen and oxygen atoms in total. The summed E-state index contributed by atoms with van der Waals surface area (Å²) in [6, 6.07) is 15.8. The third kappa shape index (κ3) is 4.88. The molecule has 3 rings (SSSR count). The first-order chi connectivity index (χ1) is 11.2. The van der Waals surface area contributed by atoms with Crippen LogP contribution in [0.4, 0.5) is 0 Å². The van der Waals surface area contributed by atoms with Crippen molar-refractivity contribution in [2.75, 3.05) is 7.05 Å². The van der Waals surface area contributed by atoms with Crippen molar-refractivity contribution in [3.8, 4) is 11.5 Å². The Bertz CT molecular complexity index is 865. The Morgan fingerprint density at radius 3 is 2.56 bits per heavy atom. The van der Waals surface area contributed by atoms with E-state index in [0.717, 1.165) is 11.1 Å². The Hall–Kier alpha value is -2.22. The molecule has 1 N–H and O–H groups in total. The first-order valence-corrected chi connectivity index (χ1v) is 7.49. The number of nitrogens with one attached hydrogen (secondary N) is 1. The van der Waals surface area contributed by atoms with Gasteiger partial charge in [-0.3, -0.25) is 9.78 Å². The molecule has 1 heterocycles. The number of aromatic nitrogens is 1. The zero-order valence-electron chi connectivity index (χ0n) is 14.5. The molecule has 0 radical (unpaired) electrons. The normalized spacial score (nSPS) is 9.68. The molecular formula is C20H21N2O2Pd-. The van der Waals surface area contributed by atoms with E-state index in [9.17, 15) is 4.79 Å². The Morgan fingerprint density at radius 1 is 1.12 bits per heavy atom. The maximum absolute atomic E-state index is 11.5. The second-order valence-electron chi connectivity index (χ2n) is 5.36. The van der Waals surface area contributed by atoms with Crippen LogP contribution in [-0.4, -0.2) is 17.9 Å². The average molecular weight is 428 g/mol. The second kappa shape index (κ2) is 9.31. The molecule has 0 saturated carbocycles. The van der Waals surface area contributed by atoms with Crippen molar-refractivity contribution in [2.24, 2.45) is 0 Å². The van der Waals surface area contributed by atoms with Crippen LogP contribution in [0.3, 0.4) is 0 Å². The molecule has 0 fully saturated rings. The van der Waals surface area contributed by atoms with Gasteiger partial charge in [0.15, 0.2) is 0 Å². The molecule has 0 aliphatic carbocycles. The Morgan fingerprint density at radius 2 is 1.84 bits per heavy atom. The van der Waals surface area contributed by atoms with E-state index in [1.807, 2.05) is 30.3 Å². The van der Waals surface area contributed by atoms with E-state index in [1.54, 1.807) is 25.4 Å². The fourth-order valence-electron chi connectivity index (χ4n) is 2.51. The summed E-state index contributed by atoms with van der Waals surface area (Å²) < 4.78 is 6.03. The molecule has 0 aliphatic heterocycles. The number of fused-ring (bicyclic) bond motifs is 1. The standard InChI is InChI=1S/C19H18N2O2.CH3.Pd/c1-13-7-8-18(17-6-4-3-5-16(13)17)23-15-9-10-21-14(11-15)12-19(22)20-2;;/h3-11H,12H2,1-2H3,(H,20,22);1H3;/q;-1;. The summed E-state index contributed by atoms with van der Waals surface area (Å²) in [5, 5.41) is 4.83. The fraction of sp³-hybridized carbons (Fsp3) is 0.150. The fourth-order valence-corrected chi connectivity index (χ4v) is 2.51. The summed E-state index contributed by atoms with van der Waals surface area (Å²) in [6.07, 6.45) is 1.90. The Balaban J connectivity index is 0.00000156. The van der Waals surface area contributed by atoms with Crippen LogP contribution in [-0.2, 0) is 31.6 Å². The summed E-state index contributed by atoms with van der Waals surface area (Å²) in [6.45, 7) is 2.08. The number of aryl methyl sites for hydroxylation is 1. The SMILES string of the molecule is CNC(=O)Cc1cc(Oc2ccc(C)c3ccccc23)ccn1.[CH3-].[Pd]. The van der Waals surface area contributed by atoms with Crippen molar-refractivity contribution < 1.29 is 30.0 Å². The molecule has 0 saturated heterocycles. The molecule has 1 aromatic heterocycles. The Kier molecular flexibility index (Phi) is 7.76. The summed E-state index contributed by atoms with van der Waals surface area (Å²) in [4.78, 5) is 15.7. The summed E-state index contributed by atoms with van der Waals surface area (Å²) in [5.74, 6) is 1.40. The van der Waals surface area contributed by atoms with Crippen molar-refractivity contribution in [1.82, 2.24) is 10.3 Å². The van der Waals surface area contributed by atoms with Crippen LogP contribution < -0.4 is 10.1 Å². The number of amides is 1. The van der Waals surface area contributed by atoms with Gasteiger partial charge < -0.3 is 17.5 Å². The Labute approximate surface area is 162 Å². The summed E-state index contributed by atoms with van der Waals surface area (Å²) in [5.41, 5.74) is 1.89. The molecular weight excluding hydrogens is 407 g/mol. The smallest absolute Gasteiger partial charge is 0.225 e. The molecule has 0 spiro atoms. The van der Waals surface area contributed by atoms with Crippen LogP contribution in [0.15, 0.2) is 54.7 Å². The van der Waals surface area contributed by atoms with Crippen LogP contribution in [0.1, 0.15) is 11.3 Å². The van der Waals surface area contributed by atoms with Crippen molar-refractivity contribution >= 4 is 16.7 Å². The molecule has 25 heavy (non-hydrogen) atoms. The topological polar surface area (TPSA) is 51.2 Å². The minimum Gasteiger partial charge on any atom is -0.457 e. The van der Waals surface area contributed by atoms with Gasteiger partial charge in [0.1, 0.15) is 11.5 Å². The van der Waals surface area contributed by atoms with Crippen LogP contribution in [0, 0.1) is 14.4 Å². The van der Waals surface area contributed by atoms with Gasteiger partial charge in [-0.25, -0.2) is 0 Å². The van der Waals surface area contributed by atoms with Crippen molar-refractivity contribution in [1.29, 1.82) is 0 Å². The minimum atomic E-state index is -0.0737. The maximum Gasteiger partial charge on any atom is 0.225 e. The van der Waals surface area contributed by atoms with Gasteiger partial charge in [-0.15, -0.1) is 0 Å². The van der Waals surface area contributed by atoms with Gasteiger partial charge in [0.2, 0.25) is 5.91 Å². The number of carbonyl (C=O) groups excluding carboxylic acids is 1. The van der Waals surface area contributed by atoms with E-state index in [0.29, 0.717) is 11.4 Å². The van der Waals surface area contributed by atoms with Crippen LogP contribution in [0.5, 0.6) is 11.5 Å². The molecule has 0 atom stereocenters. The predicted octanol–water partition coefficient (Wildman–Crippen LogP) is 4.07. The maximum atomic E-state index is 11.5. The molecule has 3 aromatic rings. The number of ether oxygens (including phenoxy) is 1. The summed E-state index contributed by atoms with van der Waals surface area (Å²) in [7, 11) is 1.61. The van der Waals surface area contributed by atoms with Gasteiger partial charge in [-0.1, -0.05) is 30.3 Å². The monoisotopic (exact) mass is 427 g/mol. The van der Waals surface area contributed by atoms with Crippen LogP contribution in [0.2, 0.25) is 0 Å². The zero-order chi connectivity index (χ0) is 16.2. The molecule has 134 valence electrons. The van der Waals surface area contributed by atoms with Gasteiger partial charge in [0, 0.05) is 45.1 Å². The quantitative estimate of drug-likeness (QED) is 0.504. The van der Waals surface area contributed by atoms with Crippen molar-refractivity contribution in [2.45, 2.75) is 13.3 Å². The number of rotatable bonds is 4.